The number of benzene rings is 1. The quantitative estimate of drug-likeness (QED) is 0.818. The Labute approximate surface area is 151 Å². The van der Waals surface area contributed by atoms with Gasteiger partial charge in [-0.05, 0) is 49.5 Å². The van der Waals surface area contributed by atoms with Crippen molar-refractivity contribution in [1.29, 1.82) is 0 Å². The Kier molecular flexibility index (Phi) is 4.50. The number of rotatable bonds is 5. The van der Waals surface area contributed by atoms with E-state index in [0.717, 1.165) is 32.5 Å². The molecule has 2 unspecified atom stereocenters. The van der Waals surface area contributed by atoms with Gasteiger partial charge >= 0.3 is 5.97 Å². The average Bonchev–Trinajstić information content (AvgIpc) is 3.20. The molecule has 138 valence electrons. The zero-order valence-corrected chi connectivity index (χ0v) is 14.4. The molecule has 26 heavy (non-hydrogen) atoms. The molecular formula is C19H22FN3O3. The summed E-state index contributed by atoms with van der Waals surface area (Å²) in [4.78, 5) is 19.6. The van der Waals surface area contributed by atoms with Crippen LogP contribution in [0.3, 0.4) is 0 Å². The number of aliphatic hydroxyl groups excluding tert-OH is 1. The third kappa shape index (κ3) is 2.81. The number of ether oxygens (including phenoxy) is 1. The normalized spacial score (nSPS) is 27.1. The Morgan fingerprint density at radius 2 is 2.04 bits per heavy atom. The van der Waals surface area contributed by atoms with Gasteiger partial charge in [-0.3, -0.25) is 4.90 Å². The summed E-state index contributed by atoms with van der Waals surface area (Å²) in [6, 6.07) is 5.56. The summed E-state index contributed by atoms with van der Waals surface area (Å²) in [6.07, 6.45) is 6.47. The monoisotopic (exact) mass is 359 g/mol. The molecule has 1 aromatic heterocycles. The first kappa shape index (κ1) is 17.2. The lowest BCUT2D eigenvalue weighted by atomic mass is 9.85. The molecule has 0 saturated carbocycles. The first-order valence-corrected chi connectivity index (χ1v) is 8.92. The van der Waals surface area contributed by atoms with Gasteiger partial charge in [0.15, 0.2) is 5.54 Å². The minimum atomic E-state index is -1.48. The van der Waals surface area contributed by atoms with Crippen molar-refractivity contribution in [3.63, 3.8) is 0 Å². The second-order valence-corrected chi connectivity index (χ2v) is 7.08. The molecule has 3 fully saturated rings. The summed E-state index contributed by atoms with van der Waals surface area (Å²) in [5, 5.41) is 10.2. The number of carbonyl (C=O) groups excluding carboxylic acids is 1. The van der Waals surface area contributed by atoms with Gasteiger partial charge in [0.25, 0.3) is 0 Å². The zero-order valence-electron chi connectivity index (χ0n) is 14.4. The highest BCUT2D eigenvalue weighted by molar-refractivity contribution is 5.83. The Morgan fingerprint density at radius 1 is 1.31 bits per heavy atom. The number of fused-ring (bicyclic) bond motifs is 3. The number of hydrogen-bond acceptors (Lipinski definition) is 5. The van der Waals surface area contributed by atoms with Gasteiger partial charge < -0.3 is 14.4 Å². The summed E-state index contributed by atoms with van der Waals surface area (Å²) in [6.45, 7) is 2.31. The number of hydrogen-bond donors (Lipinski definition) is 1. The SMILES string of the molecule is O=C(OC1CN2CCC1CC2)C(CO)(c1ccc(F)cc1)n1ccnc1. The van der Waals surface area contributed by atoms with E-state index in [-0.39, 0.29) is 6.10 Å². The van der Waals surface area contributed by atoms with Crippen molar-refractivity contribution in [2.75, 3.05) is 26.2 Å². The number of piperidine rings is 3. The van der Waals surface area contributed by atoms with Gasteiger partial charge in [-0.15, -0.1) is 0 Å². The summed E-state index contributed by atoms with van der Waals surface area (Å²) in [5.74, 6) is -0.586. The van der Waals surface area contributed by atoms with E-state index in [2.05, 4.69) is 9.88 Å². The van der Waals surface area contributed by atoms with Crippen molar-refractivity contribution < 1.29 is 19.0 Å². The number of aliphatic hydroxyl groups is 1. The zero-order chi connectivity index (χ0) is 18.1. The molecule has 5 rings (SSSR count). The van der Waals surface area contributed by atoms with E-state index >= 15 is 0 Å². The highest BCUT2D eigenvalue weighted by Crippen LogP contribution is 2.33. The molecule has 2 atom stereocenters. The van der Waals surface area contributed by atoms with Gasteiger partial charge in [0.2, 0.25) is 0 Å². The number of carbonyl (C=O) groups is 1. The van der Waals surface area contributed by atoms with Gasteiger partial charge in [0.05, 0.1) is 12.9 Å². The molecule has 0 spiro atoms. The smallest absolute Gasteiger partial charge is 0.339 e. The predicted molar refractivity (Wildman–Crippen MR) is 91.8 cm³/mol. The number of aromatic nitrogens is 2. The molecule has 6 nitrogen and oxygen atoms in total. The third-order valence-electron chi connectivity index (χ3n) is 5.69. The fraction of sp³-hybridized carbons (Fsp3) is 0.474. The summed E-state index contributed by atoms with van der Waals surface area (Å²) in [5.41, 5.74) is -1.01. The predicted octanol–water partition coefficient (Wildman–Crippen LogP) is 1.40. The van der Waals surface area contributed by atoms with E-state index in [1.807, 2.05) is 0 Å². The Hall–Kier alpha value is -2.25. The van der Waals surface area contributed by atoms with Crippen LogP contribution in [-0.2, 0) is 15.1 Å². The van der Waals surface area contributed by atoms with Crippen molar-refractivity contribution in [3.05, 3.63) is 54.4 Å². The second kappa shape index (κ2) is 6.81. The van der Waals surface area contributed by atoms with Crippen LogP contribution < -0.4 is 0 Å². The average molecular weight is 359 g/mol. The molecule has 0 aliphatic carbocycles. The molecule has 0 radical (unpaired) electrons. The van der Waals surface area contributed by atoms with Crippen molar-refractivity contribution >= 4 is 5.97 Å². The third-order valence-corrected chi connectivity index (χ3v) is 5.69. The molecule has 4 heterocycles. The topological polar surface area (TPSA) is 67.6 Å². The van der Waals surface area contributed by atoms with Crippen LogP contribution in [0.4, 0.5) is 4.39 Å². The highest BCUT2D eigenvalue weighted by Gasteiger charge is 2.46. The van der Waals surface area contributed by atoms with E-state index in [1.165, 1.54) is 41.4 Å². The maximum Gasteiger partial charge on any atom is 0.339 e. The molecule has 2 aromatic rings. The van der Waals surface area contributed by atoms with Gasteiger partial charge in [0.1, 0.15) is 11.9 Å². The van der Waals surface area contributed by atoms with Crippen LogP contribution in [0.1, 0.15) is 18.4 Å². The first-order chi connectivity index (χ1) is 12.6. The number of esters is 1. The van der Waals surface area contributed by atoms with E-state index < -0.39 is 23.9 Å². The first-order valence-electron chi connectivity index (χ1n) is 8.92. The Bertz CT molecular complexity index is 757. The van der Waals surface area contributed by atoms with Crippen LogP contribution in [0.2, 0.25) is 0 Å². The Morgan fingerprint density at radius 3 is 2.58 bits per heavy atom. The maximum absolute atomic E-state index is 13.4. The fourth-order valence-electron chi connectivity index (χ4n) is 4.10. The van der Waals surface area contributed by atoms with Gasteiger partial charge in [0, 0.05) is 18.9 Å². The van der Waals surface area contributed by atoms with Gasteiger partial charge in [-0.25, -0.2) is 14.2 Å². The lowest BCUT2D eigenvalue weighted by molar-refractivity contribution is -0.169. The van der Waals surface area contributed by atoms with E-state index in [1.54, 1.807) is 6.20 Å². The van der Waals surface area contributed by atoms with E-state index in [4.69, 9.17) is 4.74 Å². The lowest BCUT2D eigenvalue weighted by Crippen LogP contribution is -2.55. The summed E-state index contributed by atoms with van der Waals surface area (Å²) >= 11 is 0. The molecule has 3 saturated heterocycles. The van der Waals surface area contributed by atoms with Crippen molar-refractivity contribution in [3.8, 4) is 0 Å². The van der Waals surface area contributed by atoms with Crippen LogP contribution in [0.15, 0.2) is 43.0 Å². The number of nitrogens with zero attached hydrogens (tertiary/aromatic N) is 3. The molecule has 7 heteroatoms. The molecule has 1 aromatic carbocycles. The molecule has 1 N–H and O–H groups in total. The standard InChI is InChI=1S/C19H22FN3O3/c20-16-3-1-15(2-4-16)19(12-24,23-10-7-21-13-23)18(25)26-17-11-22-8-5-14(17)6-9-22/h1-4,7,10,13-14,17,24H,5-6,8-9,11-12H2. The van der Waals surface area contributed by atoms with E-state index in [0.29, 0.717) is 11.5 Å². The molecule has 2 bridgehead atoms. The van der Waals surface area contributed by atoms with Gasteiger partial charge in [-0.2, -0.15) is 0 Å². The van der Waals surface area contributed by atoms with Crippen molar-refractivity contribution in [2.45, 2.75) is 24.5 Å². The van der Waals surface area contributed by atoms with Crippen LogP contribution in [0.5, 0.6) is 0 Å². The number of halogens is 1. The maximum atomic E-state index is 13.4. The van der Waals surface area contributed by atoms with Crippen molar-refractivity contribution in [2.24, 2.45) is 5.92 Å². The largest absolute Gasteiger partial charge is 0.459 e. The summed E-state index contributed by atoms with van der Waals surface area (Å²) in [7, 11) is 0. The summed E-state index contributed by atoms with van der Waals surface area (Å²) < 4.78 is 20.8. The highest BCUT2D eigenvalue weighted by atomic mass is 19.1. The van der Waals surface area contributed by atoms with Crippen LogP contribution in [0, 0.1) is 11.7 Å². The number of imidazole rings is 1. The Balaban J connectivity index is 1.68. The van der Waals surface area contributed by atoms with Crippen LogP contribution >= 0.6 is 0 Å². The fourth-order valence-corrected chi connectivity index (χ4v) is 4.10. The second-order valence-electron chi connectivity index (χ2n) is 7.08. The van der Waals surface area contributed by atoms with Gasteiger partial charge in [-0.1, -0.05) is 12.1 Å². The van der Waals surface area contributed by atoms with E-state index in [9.17, 15) is 14.3 Å². The molecule has 0 amide bonds. The minimum Gasteiger partial charge on any atom is -0.459 e. The van der Waals surface area contributed by atoms with Crippen molar-refractivity contribution in [1.82, 2.24) is 14.5 Å². The molecule has 3 aliphatic rings. The molecular weight excluding hydrogens is 337 g/mol. The minimum absolute atomic E-state index is 0.181. The van der Waals surface area contributed by atoms with Crippen LogP contribution in [-0.4, -0.2) is 57.9 Å². The van der Waals surface area contributed by atoms with Crippen LogP contribution in [0.25, 0.3) is 0 Å². The lowest BCUT2D eigenvalue weighted by Gasteiger charge is -2.45. The molecule has 3 aliphatic heterocycles.